The second-order valence-corrected chi connectivity index (χ2v) is 8.42. The second-order valence-electron chi connectivity index (χ2n) is 8.04. The first kappa shape index (κ1) is 19.5. The van der Waals surface area contributed by atoms with Crippen molar-refractivity contribution in [2.75, 3.05) is 6.61 Å². The molecule has 2 aliphatic carbocycles. The number of hydrogen-bond donors (Lipinski definition) is 0. The zero-order chi connectivity index (χ0) is 18.5. The van der Waals surface area contributed by atoms with Crippen molar-refractivity contribution in [2.45, 2.75) is 90.1 Å². The number of carbonyl (C=O) groups excluding carboxylic acids is 1. The third-order valence-corrected chi connectivity index (χ3v) is 6.59. The van der Waals surface area contributed by atoms with Gasteiger partial charge in [0.25, 0.3) is 5.91 Å². The summed E-state index contributed by atoms with van der Waals surface area (Å²) in [4.78, 5) is 15.3. The molecule has 3 nitrogen and oxygen atoms in total. The van der Waals surface area contributed by atoms with E-state index in [1.807, 2.05) is 26.0 Å². The number of rotatable bonds is 5. The molecule has 0 atom stereocenters. The summed E-state index contributed by atoms with van der Waals surface area (Å²) in [6, 6.07) is 4.68. The number of hydrogen-bond acceptors (Lipinski definition) is 2. The van der Waals surface area contributed by atoms with Crippen LogP contribution in [0.3, 0.4) is 0 Å². The van der Waals surface area contributed by atoms with Gasteiger partial charge in [-0.15, -0.1) is 0 Å². The zero-order valence-corrected chi connectivity index (χ0v) is 17.0. The maximum absolute atomic E-state index is 13.1. The first-order chi connectivity index (χ1) is 12.6. The highest BCUT2D eigenvalue weighted by Gasteiger charge is 2.32. The van der Waals surface area contributed by atoms with E-state index < -0.39 is 0 Å². The molecule has 3 rings (SSSR count). The third-order valence-electron chi connectivity index (χ3n) is 6.00. The molecule has 0 N–H and O–H groups in total. The predicted molar refractivity (Wildman–Crippen MR) is 107 cm³/mol. The van der Waals surface area contributed by atoms with E-state index in [4.69, 9.17) is 16.3 Å². The maximum atomic E-state index is 13.1. The van der Waals surface area contributed by atoms with E-state index in [-0.39, 0.29) is 12.5 Å². The number of ether oxygens (including phenoxy) is 1. The van der Waals surface area contributed by atoms with Gasteiger partial charge in [-0.1, -0.05) is 50.1 Å². The van der Waals surface area contributed by atoms with E-state index >= 15 is 0 Å². The maximum Gasteiger partial charge on any atom is 0.261 e. The minimum absolute atomic E-state index is 0.132. The van der Waals surface area contributed by atoms with Crippen molar-refractivity contribution in [1.82, 2.24) is 4.90 Å². The standard InChI is InChI=1S/C22H32ClNO2/c1-16-13-20(14-17(2)22(16)23)26-15-21(25)24(18-9-5-3-6-10-18)19-11-7-4-8-12-19/h13-14,18-19H,3-12,15H2,1-2H3. The van der Waals surface area contributed by atoms with Crippen molar-refractivity contribution in [3.63, 3.8) is 0 Å². The molecule has 0 aliphatic heterocycles. The van der Waals surface area contributed by atoms with Crippen LogP contribution in [0.1, 0.15) is 75.3 Å². The molecule has 2 aliphatic rings. The van der Waals surface area contributed by atoms with Crippen molar-refractivity contribution in [3.8, 4) is 5.75 Å². The Morgan fingerprint density at radius 3 is 1.88 bits per heavy atom. The van der Waals surface area contributed by atoms with Crippen LogP contribution in [0, 0.1) is 13.8 Å². The van der Waals surface area contributed by atoms with Crippen LogP contribution in [-0.4, -0.2) is 29.5 Å². The highest BCUT2D eigenvalue weighted by Crippen LogP contribution is 2.31. The Balaban J connectivity index is 1.68. The topological polar surface area (TPSA) is 29.5 Å². The van der Waals surface area contributed by atoms with Gasteiger partial charge in [0.2, 0.25) is 0 Å². The zero-order valence-electron chi connectivity index (χ0n) is 16.2. The predicted octanol–water partition coefficient (Wildman–Crippen LogP) is 5.83. The summed E-state index contributed by atoms with van der Waals surface area (Å²) in [5, 5.41) is 0.773. The first-order valence-corrected chi connectivity index (χ1v) is 10.6. The van der Waals surface area contributed by atoms with Crippen LogP contribution in [-0.2, 0) is 4.79 Å². The minimum atomic E-state index is 0.132. The van der Waals surface area contributed by atoms with E-state index in [1.54, 1.807) is 0 Å². The van der Waals surface area contributed by atoms with Crippen molar-refractivity contribution in [3.05, 3.63) is 28.3 Å². The number of halogens is 1. The summed E-state index contributed by atoms with van der Waals surface area (Å²) in [6.45, 7) is 4.08. The fourth-order valence-electron chi connectivity index (χ4n) is 4.63. The fraction of sp³-hybridized carbons (Fsp3) is 0.682. The Labute approximate surface area is 163 Å². The van der Waals surface area contributed by atoms with Crippen LogP contribution in [0.25, 0.3) is 0 Å². The van der Waals surface area contributed by atoms with E-state index in [9.17, 15) is 4.79 Å². The highest BCUT2D eigenvalue weighted by molar-refractivity contribution is 6.32. The van der Waals surface area contributed by atoms with Gasteiger partial charge in [-0.3, -0.25) is 4.79 Å². The monoisotopic (exact) mass is 377 g/mol. The average molecular weight is 378 g/mol. The Bertz CT molecular complexity index is 578. The number of nitrogens with zero attached hydrogens (tertiary/aromatic N) is 1. The number of benzene rings is 1. The van der Waals surface area contributed by atoms with Crippen molar-refractivity contribution < 1.29 is 9.53 Å². The van der Waals surface area contributed by atoms with E-state index in [0.717, 1.165) is 47.6 Å². The van der Waals surface area contributed by atoms with Crippen LogP contribution in [0.15, 0.2) is 12.1 Å². The van der Waals surface area contributed by atoms with Crippen molar-refractivity contribution in [1.29, 1.82) is 0 Å². The molecule has 0 aromatic heterocycles. The molecule has 1 aromatic rings. The fourth-order valence-corrected chi connectivity index (χ4v) is 4.74. The molecule has 0 heterocycles. The molecule has 4 heteroatoms. The lowest BCUT2D eigenvalue weighted by molar-refractivity contribution is -0.140. The van der Waals surface area contributed by atoms with Crippen molar-refractivity contribution >= 4 is 17.5 Å². The third kappa shape index (κ3) is 4.73. The van der Waals surface area contributed by atoms with Gasteiger partial charge in [0.1, 0.15) is 5.75 Å². The van der Waals surface area contributed by atoms with Crippen LogP contribution in [0.4, 0.5) is 0 Å². The summed E-state index contributed by atoms with van der Waals surface area (Å²) in [7, 11) is 0. The quantitative estimate of drug-likeness (QED) is 0.646. The normalized spacial score (nSPS) is 19.3. The van der Waals surface area contributed by atoms with Gasteiger partial charge in [-0.05, 0) is 62.8 Å². The summed E-state index contributed by atoms with van der Waals surface area (Å²) >= 11 is 6.24. The molecule has 26 heavy (non-hydrogen) atoms. The minimum Gasteiger partial charge on any atom is -0.484 e. The van der Waals surface area contributed by atoms with Crippen LogP contribution in [0.5, 0.6) is 5.75 Å². The van der Waals surface area contributed by atoms with Gasteiger partial charge < -0.3 is 9.64 Å². The Morgan fingerprint density at radius 1 is 0.962 bits per heavy atom. The van der Waals surface area contributed by atoms with Gasteiger partial charge in [-0.25, -0.2) is 0 Å². The highest BCUT2D eigenvalue weighted by atomic mass is 35.5. The summed E-state index contributed by atoms with van der Waals surface area (Å²) < 4.78 is 5.90. The average Bonchev–Trinajstić information content (AvgIpc) is 2.66. The smallest absolute Gasteiger partial charge is 0.261 e. The lowest BCUT2D eigenvalue weighted by Gasteiger charge is -2.41. The summed E-state index contributed by atoms with van der Waals surface area (Å²) in [6.07, 6.45) is 12.2. The van der Waals surface area contributed by atoms with Crippen LogP contribution < -0.4 is 4.74 Å². The summed E-state index contributed by atoms with van der Waals surface area (Å²) in [5.41, 5.74) is 1.98. The van der Waals surface area contributed by atoms with Gasteiger partial charge in [0, 0.05) is 17.1 Å². The van der Waals surface area contributed by atoms with E-state index in [2.05, 4.69) is 4.90 Å². The molecule has 0 unspecified atom stereocenters. The molecule has 2 saturated carbocycles. The molecular weight excluding hydrogens is 346 g/mol. The molecule has 144 valence electrons. The Hall–Kier alpha value is -1.22. The second kappa shape index (κ2) is 9.12. The number of carbonyl (C=O) groups is 1. The van der Waals surface area contributed by atoms with Gasteiger partial charge >= 0.3 is 0 Å². The molecule has 0 spiro atoms. The lowest BCUT2D eigenvalue weighted by Crippen LogP contribution is -2.50. The molecule has 0 saturated heterocycles. The Morgan fingerprint density at radius 2 is 1.42 bits per heavy atom. The molecule has 0 bridgehead atoms. The first-order valence-electron chi connectivity index (χ1n) is 10.3. The van der Waals surface area contributed by atoms with Gasteiger partial charge in [0.15, 0.2) is 6.61 Å². The van der Waals surface area contributed by atoms with E-state index in [1.165, 1.54) is 38.5 Å². The molecule has 1 aromatic carbocycles. The van der Waals surface area contributed by atoms with Crippen LogP contribution in [0.2, 0.25) is 5.02 Å². The SMILES string of the molecule is Cc1cc(OCC(=O)N(C2CCCCC2)C2CCCCC2)cc(C)c1Cl. The lowest BCUT2D eigenvalue weighted by atomic mass is 9.88. The van der Waals surface area contributed by atoms with Crippen LogP contribution >= 0.6 is 11.6 Å². The number of aryl methyl sites for hydroxylation is 2. The van der Waals surface area contributed by atoms with Crippen molar-refractivity contribution in [2.24, 2.45) is 0 Å². The largest absolute Gasteiger partial charge is 0.484 e. The molecular formula is C22H32ClNO2. The van der Waals surface area contributed by atoms with E-state index in [0.29, 0.717) is 12.1 Å². The van der Waals surface area contributed by atoms with Gasteiger partial charge in [0.05, 0.1) is 0 Å². The molecule has 0 radical (unpaired) electrons. The molecule has 2 fully saturated rings. The summed E-state index contributed by atoms with van der Waals surface area (Å²) in [5.74, 6) is 0.902. The number of amides is 1. The Kier molecular flexibility index (Phi) is 6.86. The van der Waals surface area contributed by atoms with Gasteiger partial charge in [-0.2, -0.15) is 0 Å². The molecule has 1 amide bonds.